The third-order valence-electron chi connectivity index (χ3n) is 2.89. The van der Waals surface area contributed by atoms with Gasteiger partial charge in [-0.1, -0.05) is 25.5 Å². The lowest BCUT2D eigenvalue weighted by Crippen LogP contribution is -2.37. The molecule has 0 saturated carbocycles. The molecule has 83 valence electrons. The maximum atomic E-state index is 12.0. The molecule has 1 aromatic carbocycles. The molecule has 1 aliphatic rings. The first kappa shape index (κ1) is 10.9. The number of hydrogen-bond donors (Lipinski definition) is 0. The van der Waals surface area contributed by atoms with Crippen molar-refractivity contribution in [2.75, 3.05) is 0 Å². The van der Waals surface area contributed by atoms with Crippen LogP contribution in [0.5, 0.6) is 0 Å². The molecule has 0 aromatic heterocycles. The van der Waals surface area contributed by atoms with Gasteiger partial charge in [-0.3, -0.25) is 14.5 Å². The molecule has 0 saturated heterocycles. The van der Waals surface area contributed by atoms with E-state index < -0.39 is 0 Å². The Bertz CT molecular complexity index is 404. The van der Waals surface area contributed by atoms with Crippen molar-refractivity contribution in [1.82, 2.24) is 4.90 Å². The Labute approximate surface area is 95.1 Å². The number of carbonyl (C=O) groups excluding carboxylic acids is 2. The summed E-state index contributed by atoms with van der Waals surface area (Å²) in [5.74, 6) is -0.358. The van der Waals surface area contributed by atoms with Gasteiger partial charge in [0.1, 0.15) is 0 Å². The Morgan fingerprint density at radius 1 is 1.19 bits per heavy atom. The Morgan fingerprint density at radius 3 is 2.12 bits per heavy atom. The Balaban J connectivity index is 2.35. The number of benzene rings is 1. The van der Waals surface area contributed by atoms with Crippen molar-refractivity contribution in [2.24, 2.45) is 0 Å². The fourth-order valence-electron chi connectivity index (χ4n) is 2.03. The van der Waals surface area contributed by atoms with Crippen LogP contribution in [0.25, 0.3) is 0 Å². The van der Waals surface area contributed by atoms with Gasteiger partial charge in [0.2, 0.25) is 0 Å². The summed E-state index contributed by atoms with van der Waals surface area (Å²) in [7, 11) is 0. The number of fused-ring (bicyclic) bond motifs is 1. The van der Waals surface area contributed by atoms with E-state index in [1.165, 1.54) is 4.90 Å². The third kappa shape index (κ3) is 1.52. The quantitative estimate of drug-likeness (QED) is 0.727. The number of imide groups is 1. The van der Waals surface area contributed by atoms with E-state index in [0.717, 1.165) is 6.42 Å². The summed E-state index contributed by atoms with van der Waals surface area (Å²) >= 11 is 0. The molecular weight excluding hydrogens is 202 g/mol. The second-order valence-electron chi connectivity index (χ2n) is 4.02. The van der Waals surface area contributed by atoms with Crippen molar-refractivity contribution in [3.05, 3.63) is 42.3 Å². The molecular formula is C13H14NO2. The second-order valence-corrected chi connectivity index (χ2v) is 4.02. The van der Waals surface area contributed by atoms with E-state index in [0.29, 0.717) is 17.5 Å². The van der Waals surface area contributed by atoms with Crippen molar-refractivity contribution in [3.8, 4) is 0 Å². The molecule has 1 aromatic rings. The molecule has 1 atom stereocenters. The van der Waals surface area contributed by atoms with Gasteiger partial charge in [-0.05, 0) is 25.5 Å². The normalized spacial score (nSPS) is 16.5. The van der Waals surface area contributed by atoms with Gasteiger partial charge in [0, 0.05) is 6.04 Å². The van der Waals surface area contributed by atoms with E-state index in [2.05, 4.69) is 6.92 Å². The summed E-state index contributed by atoms with van der Waals surface area (Å²) in [6, 6.07) is 6.88. The average molecular weight is 216 g/mol. The van der Waals surface area contributed by atoms with Gasteiger partial charge in [-0.25, -0.2) is 0 Å². The van der Waals surface area contributed by atoms with Crippen LogP contribution in [0, 0.1) is 6.92 Å². The zero-order chi connectivity index (χ0) is 11.7. The first-order chi connectivity index (χ1) is 7.66. The maximum Gasteiger partial charge on any atom is 0.261 e. The lowest BCUT2D eigenvalue weighted by Gasteiger charge is -2.21. The molecule has 2 rings (SSSR count). The maximum absolute atomic E-state index is 12.0. The number of rotatable bonds is 3. The predicted molar refractivity (Wildman–Crippen MR) is 61.0 cm³/mol. The molecule has 0 spiro atoms. The molecule has 2 amide bonds. The second kappa shape index (κ2) is 4.08. The highest BCUT2D eigenvalue weighted by Crippen LogP contribution is 2.25. The van der Waals surface area contributed by atoms with Crippen LogP contribution in [0.2, 0.25) is 0 Å². The van der Waals surface area contributed by atoms with E-state index in [4.69, 9.17) is 0 Å². The van der Waals surface area contributed by atoms with Crippen LogP contribution >= 0.6 is 0 Å². The van der Waals surface area contributed by atoms with Crippen LogP contribution in [0.3, 0.4) is 0 Å². The molecule has 1 aliphatic heterocycles. The van der Waals surface area contributed by atoms with Crippen LogP contribution < -0.4 is 0 Å². The summed E-state index contributed by atoms with van der Waals surface area (Å²) in [6.07, 6.45) is 1.46. The zero-order valence-electron chi connectivity index (χ0n) is 9.27. The highest BCUT2D eigenvalue weighted by Gasteiger charge is 2.37. The number of nitrogens with zero attached hydrogens (tertiary/aromatic N) is 1. The van der Waals surface area contributed by atoms with Crippen molar-refractivity contribution in [3.63, 3.8) is 0 Å². The Kier molecular flexibility index (Phi) is 2.77. The fourth-order valence-corrected chi connectivity index (χ4v) is 2.03. The molecule has 16 heavy (non-hydrogen) atoms. The lowest BCUT2D eigenvalue weighted by molar-refractivity contribution is 0.0591. The average Bonchev–Trinajstić information content (AvgIpc) is 2.53. The minimum Gasteiger partial charge on any atom is -0.272 e. The molecule has 0 N–H and O–H groups in total. The summed E-state index contributed by atoms with van der Waals surface area (Å²) in [6.45, 7) is 5.63. The zero-order valence-corrected chi connectivity index (χ0v) is 9.27. The van der Waals surface area contributed by atoms with Gasteiger partial charge in [0.25, 0.3) is 11.8 Å². The molecule has 0 bridgehead atoms. The fraction of sp³-hybridized carbons (Fsp3) is 0.308. The van der Waals surface area contributed by atoms with Crippen LogP contribution in [0.4, 0.5) is 0 Å². The standard InChI is InChI=1S/C13H14NO2/c1-3-6-9(2)14-12(15)10-7-4-5-8-11(10)13(14)16/h4-5,7-9H,1,3,6H2,2H3. The summed E-state index contributed by atoms with van der Waals surface area (Å²) in [5.41, 5.74) is 1.03. The molecule has 1 unspecified atom stereocenters. The van der Waals surface area contributed by atoms with E-state index in [-0.39, 0.29) is 17.9 Å². The van der Waals surface area contributed by atoms with Crippen LogP contribution in [-0.2, 0) is 0 Å². The van der Waals surface area contributed by atoms with Crippen molar-refractivity contribution < 1.29 is 9.59 Å². The highest BCUT2D eigenvalue weighted by atomic mass is 16.2. The van der Waals surface area contributed by atoms with E-state index in [1.54, 1.807) is 24.3 Å². The van der Waals surface area contributed by atoms with Gasteiger partial charge in [-0.15, -0.1) is 0 Å². The number of carbonyl (C=O) groups is 2. The smallest absolute Gasteiger partial charge is 0.261 e. The highest BCUT2D eigenvalue weighted by molar-refractivity contribution is 6.21. The summed E-state index contributed by atoms with van der Waals surface area (Å²) in [5, 5.41) is 0. The van der Waals surface area contributed by atoms with Crippen molar-refractivity contribution in [2.45, 2.75) is 25.8 Å². The Morgan fingerprint density at radius 2 is 1.69 bits per heavy atom. The van der Waals surface area contributed by atoms with E-state index in [9.17, 15) is 9.59 Å². The summed E-state index contributed by atoms with van der Waals surface area (Å²) in [4.78, 5) is 25.4. The van der Waals surface area contributed by atoms with Crippen LogP contribution in [0.1, 0.15) is 40.5 Å². The number of hydrogen-bond acceptors (Lipinski definition) is 2. The Hall–Kier alpha value is -1.64. The van der Waals surface area contributed by atoms with Crippen molar-refractivity contribution in [1.29, 1.82) is 0 Å². The van der Waals surface area contributed by atoms with Crippen molar-refractivity contribution >= 4 is 11.8 Å². The molecule has 3 nitrogen and oxygen atoms in total. The minimum absolute atomic E-state index is 0.0788. The number of amides is 2. The first-order valence-corrected chi connectivity index (χ1v) is 5.43. The predicted octanol–water partition coefficient (Wildman–Crippen LogP) is 2.29. The molecule has 1 heterocycles. The largest absolute Gasteiger partial charge is 0.272 e. The SMILES string of the molecule is [CH2]CCC(C)N1C(=O)c2ccccc2C1=O. The molecule has 0 fully saturated rings. The van der Waals surface area contributed by atoms with Gasteiger partial charge < -0.3 is 0 Å². The van der Waals surface area contributed by atoms with Crippen LogP contribution in [0.15, 0.2) is 24.3 Å². The third-order valence-corrected chi connectivity index (χ3v) is 2.89. The first-order valence-electron chi connectivity index (χ1n) is 5.43. The van der Waals surface area contributed by atoms with E-state index >= 15 is 0 Å². The monoisotopic (exact) mass is 216 g/mol. The topological polar surface area (TPSA) is 37.4 Å². The molecule has 0 aliphatic carbocycles. The van der Waals surface area contributed by atoms with Crippen LogP contribution in [-0.4, -0.2) is 22.8 Å². The van der Waals surface area contributed by atoms with E-state index in [1.807, 2.05) is 6.92 Å². The molecule has 1 radical (unpaired) electrons. The minimum atomic E-state index is -0.179. The van der Waals surface area contributed by atoms with Gasteiger partial charge in [0.15, 0.2) is 0 Å². The lowest BCUT2D eigenvalue weighted by atomic mass is 10.1. The van der Waals surface area contributed by atoms with Gasteiger partial charge in [-0.2, -0.15) is 0 Å². The van der Waals surface area contributed by atoms with Gasteiger partial charge in [0.05, 0.1) is 11.1 Å². The summed E-state index contributed by atoms with van der Waals surface area (Å²) < 4.78 is 0. The van der Waals surface area contributed by atoms with Gasteiger partial charge >= 0.3 is 0 Å². The molecule has 3 heteroatoms.